The summed E-state index contributed by atoms with van der Waals surface area (Å²) in [6, 6.07) is 10.7. The Morgan fingerprint density at radius 3 is 2.46 bits per heavy atom. The van der Waals surface area contributed by atoms with Crippen LogP contribution in [0.15, 0.2) is 42.5 Å². The number of aliphatic hydroxyl groups is 1. The van der Waals surface area contributed by atoms with Gasteiger partial charge in [0.05, 0.1) is 26.0 Å². The summed E-state index contributed by atoms with van der Waals surface area (Å²) in [6.07, 6.45) is -0.886. The molecule has 128 valence electrons. The molecule has 7 heteroatoms. The molecule has 2 rings (SSSR count). The van der Waals surface area contributed by atoms with Crippen molar-refractivity contribution in [3.8, 4) is 17.2 Å². The van der Waals surface area contributed by atoms with Gasteiger partial charge in [0.1, 0.15) is 17.2 Å². The van der Waals surface area contributed by atoms with Crippen LogP contribution in [-0.4, -0.2) is 37.0 Å². The number of hydrogen-bond donors (Lipinski definition) is 4. The summed E-state index contributed by atoms with van der Waals surface area (Å²) in [6.45, 7) is 0.0168. The molecule has 0 aliphatic heterocycles. The lowest BCUT2D eigenvalue weighted by Gasteiger charge is -2.15. The third-order valence-electron chi connectivity index (χ3n) is 3.39. The van der Waals surface area contributed by atoms with E-state index < -0.39 is 12.1 Å². The Balaban J connectivity index is 1.94. The average Bonchev–Trinajstić information content (AvgIpc) is 2.60. The number of methoxy groups -OCH3 is 2. The van der Waals surface area contributed by atoms with Crippen LogP contribution in [0.5, 0.6) is 17.2 Å². The minimum absolute atomic E-state index is 0.0168. The Hall–Kier alpha value is -2.93. The van der Waals surface area contributed by atoms with Gasteiger partial charge >= 0.3 is 6.03 Å². The normalized spacial score (nSPS) is 11.5. The van der Waals surface area contributed by atoms with Crippen molar-refractivity contribution in [1.82, 2.24) is 5.32 Å². The average molecular weight is 332 g/mol. The number of anilines is 1. The minimum Gasteiger partial charge on any atom is -0.508 e. The molecule has 1 unspecified atom stereocenters. The molecule has 2 aromatic rings. The lowest BCUT2D eigenvalue weighted by molar-refractivity contribution is 0.175. The number of phenolic OH excluding ortho intramolecular Hbond substituents is 1. The molecule has 2 amide bonds. The fourth-order valence-corrected chi connectivity index (χ4v) is 2.08. The van der Waals surface area contributed by atoms with E-state index >= 15 is 0 Å². The Morgan fingerprint density at radius 2 is 1.83 bits per heavy atom. The predicted octanol–water partition coefficient (Wildman–Crippen LogP) is 2.26. The number of benzene rings is 2. The van der Waals surface area contributed by atoms with E-state index in [-0.39, 0.29) is 12.3 Å². The van der Waals surface area contributed by atoms with E-state index in [4.69, 9.17) is 9.47 Å². The maximum atomic E-state index is 12.0. The number of hydrogen-bond acceptors (Lipinski definition) is 5. The van der Waals surface area contributed by atoms with E-state index in [1.54, 1.807) is 30.3 Å². The highest BCUT2D eigenvalue weighted by molar-refractivity contribution is 5.91. The van der Waals surface area contributed by atoms with E-state index in [0.29, 0.717) is 22.7 Å². The van der Waals surface area contributed by atoms with Gasteiger partial charge in [0.25, 0.3) is 0 Å². The highest BCUT2D eigenvalue weighted by atomic mass is 16.5. The minimum atomic E-state index is -0.886. The summed E-state index contributed by atoms with van der Waals surface area (Å²) in [5, 5.41) is 24.5. The lowest BCUT2D eigenvalue weighted by atomic mass is 10.1. The van der Waals surface area contributed by atoms with Crippen LogP contribution in [0.4, 0.5) is 10.5 Å². The molecule has 2 aromatic carbocycles. The summed E-state index contributed by atoms with van der Waals surface area (Å²) >= 11 is 0. The Kier molecular flexibility index (Phi) is 5.86. The molecule has 0 heterocycles. The van der Waals surface area contributed by atoms with Crippen molar-refractivity contribution in [2.75, 3.05) is 26.1 Å². The molecule has 0 radical (unpaired) electrons. The van der Waals surface area contributed by atoms with Crippen LogP contribution in [0.25, 0.3) is 0 Å². The van der Waals surface area contributed by atoms with Gasteiger partial charge in [-0.2, -0.15) is 0 Å². The first kappa shape index (κ1) is 17.4. The lowest BCUT2D eigenvalue weighted by Crippen LogP contribution is -2.32. The van der Waals surface area contributed by atoms with E-state index in [2.05, 4.69) is 10.6 Å². The number of carbonyl (C=O) groups excluding carboxylic acids is 1. The van der Waals surface area contributed by atoms with E-state index in [9.17, 15) is 15.0 Å². The van der Waals surface area contributed by atoms with Crippen molar-refractivity contribution >= 4 is 11.7 Å². The Bertz CT molecular complexity index is 688. The molecule has 0 spiro atoms. The zero-order chi connectivity index (χ0) is 17.5. The van der Waals surface area contributed by atoms with Gasteiger partial charge in [0.15, 0.2) is 0 Å². The van der Waals surface area contributed by atoms with Gasteiger partial charge in [0.2, 0.25) is 0 Å². The number of rotatable bonds is 6. The summed E-state index contributed by atoms with van der Waals surface area (Å²) in [5.41, 5.74) is 1.04. The third kappa shape index (κ3) is 4.53. The first-order valence-electron chi connectivity index (χ1n) is 7.27. The zero-order valence-corrected chi connectivity index (χ0v) is 13.4. The second-order valence-electron chi connectivity index (χ2n) is 5.01. The molecule has 0 saturated carbocycles. The number of aliphatic hydroxyl groups excluding tert-OH is 1. The molecule has 7 nitrogen and oxygen atoms in total. The standard InChI is InChI=1S/C17H20N2O5/c1-23-13-7-8-16(24-2)14(9-13)19-17(22)18-10-15(21)11-3-5-12(20)6-4-11/h3-9,15,20-21H,10H2,1-2H3,(H2,18,19,22). The number of ether oxygens (including phenoxy) is 2. The summed E-state index contributed by atoms with van der Waals surface area (Å²) in [7, 11) is 3.03. The van der Waals surface area contributed by atoms with Crippen LogP contribution in [0.1, 0.15) is 11.7 Å². The smallest absolute Gasteiger partial charge is 0.319 e. The van der Waals surface area contributed by atoms with E-state index in [1.165, 1.54) is 26.4 Å². The SMILES string of the molecule is COc1ccc(OC)c(NC(=O)NCC(O)c2ccc(O)cc2)c1. The molecular formula is C17H20N2O5. The van der Waals surface area contributed by atoms with Crippen LogP contribution < -0.4 is 20.1 Å². The number of aromatic hydroxyl groups is 1. The van der Waals surface area contributed by atoms with Gasteiger partial charge < -0.3 is 30.3 Å². The number of urea groups is 1. The molecular weight excluding hydrogens is 312 g/mol. The molecule has 0 saturated heterocycles. The third-order valence-corrected chi connectivity index (χ3v) is 3.39. The van der Waals surface area contributed by atoms with Crippen molar-refractivity contribution in [3.05, 3.63) is 48.0 Å². The second-order valence-corrected chi connectivity index (χ2v) is 5.01. The van der Waals surface area contributed by atoms with E-state index in [1.807, 2.05) is 0 Å². The maximum Gasteiger partial charge on any atom is 0.319 e. The Morgan fingerprint density at radius 1 is 1.12 bits per heavy atom. The van der Waals surface area contributed by atoms with Crippen molar-refractivity contribution in [3.63, 3.8) is 0 Å². The van der Waals surface area contributed by atoms with Gasteiger partial charge in [-0.05, 0) is 29.8 Å². The largest absolute Gasteiger partial charge is 0.508 e. The summed E-state index contributed by atoms with van der Waals surface area (Å²) in [5.74, 6) is 1.18. The van der Waals surface area contributed by atoms with Gasteiger partial charge in [-0.1, -0.05) is 12.1 Å². The molecule has 4 N–H and O–H groups in total. The van der Waals surface area contributed by atoms with Crippen LogP contribution in [-0.2, 0) is 0 Å². The highest BCUT2D eigenvalue weighted by Crippen LogP contribution is 2.28. The summed E-state index contributed by atoms with van der Waals surface area (Å²) in [4.78, 5) is 12.0. The van der Waals surface area contributed by atoms with Crippen LogP contribution in [0.3, 0.4) is 0 Å². The van der Waals surface area contributed by atoms with Gasteiger partial charge in [0, 0.05) is 12.6 Å². The number of amides is 2. The quantitative estimate of drug-likeness (QED) is 0.650. The topological polar surface area (TPSA) is 100 Å². The van der Waals surface area contributed by atoms with Crippen LogP contribution >= 0.6 is 0 Å². The summed E-state index contributed by atoms with van der Waals surface area (Å²) < 4.78 is 10.3. The molecule has 0 fully saturated rings. The van der Waals surface area contributed by atoms with Crippen molar-refractivity contribution < 1.29 is 24.5 Å². The number of nitrogens with one attached hydrogen (secondary N) is 2. The Labute approximate surface area is 139 Å². The monoisotopic (exact) mass is 332 g/mol. The van der Waals surface area contributed by atoms with Crippen LogP contribution in [0, 0.1) is 0 Å². The van der Waals surface area contributed by atoms with Gasteiger partial charge in [-0.3, -0.25) is 0 Å². The van der Waals surface area contributed by atoms with Crippen LogP contribution in [0.2, 0.25) is 0 Å². The fourth-order valence-electron chi connectivity index (χ4n) is 2.08. The second kappa shape index (κ2) is 8.07. The van der Waals surface area contributed by atoms with Crippen molar-refractivity contribution in [2.45, 2.75) is 6.10 Å². The first-order valence-corrected chi connectivity index (χ1v) is 7.27. The predicted molar refractivity (Wildman–Crippen MR) is 89.6 cm³/mol. The number of carbonyl (C=O) groups is 1. The van der Waals surface area contributed by atoms with Gasteiger partial charge in [-0.15, -0.1) is 0 Å². The first-order chi connectivity index (χ1) is 11.5. The highest BCUT2D eigenvalue weighted by Gasteiger charge is 2.12. The molecule has 0 bridgehead atoms. The molecule has 0 aliphatic carbocycles. The molecule has 24 heavy (non-hydrogen) atoms. The molecule has 0 aromatic heterocycles. The fraction of sp³-hybridized carbons (Fsp3) is 0.235. The zero-order valence-electron chi connectivity index (χ0n) is 13.4. The van der Waals surface area contributed by atoms with E-state index in [0.717, 1.165) is 0 Å². The number of phenols is 1. The van der Waals surface area contributed by atoms with Crippen molar-refractivity contribution in [1.29, 1.82) is 0 Å². The maximum absolute atomic E-state index is 12.0. The van der Waals surface area contributed by atoms with Crippen molar-refractivity contribution in [2.24, 2.45) is 0 Å². The van der Waals surface area contributed by atoms with Gasteiger partial charge in [-0.25, -0.2) is 4.79 Å². The molecule has 1 atom stereocenters. The molecule has 0 aliphatic rings.